The van der Waals surface area contributed by atoms with Crippen LogP contribution in [0.15, 0.2) is 18.2 Å². The minimum absolute atomic E-state index is 0.0133. The van der Waals surface area contributed by atoms with Crippen LogP contribution < -0.4 is 37.1 Å². The number of amides is 4. The number of carbonyl (C=O) groups excluding carboxylic acids is 3. The van der Waals surface area contributed by atoms with E-state index in [9.17, 15) is 24.6 Å². The fourth-order valence-corrected chi connectivity index (χ4v) is 8.02. The monoisotopic (exact) mass is 611 g/mol. The molecule has 0 aromatic heterocycles. The van der Waals surface area contributed by atoms with Crippen LogP contribution >= 0.6 is 0 Å². The number of hydrogen-bond donors (Lipinski definition) is 8. The molecule has 7 rings (SSSR count). The van der Waals surface area contributed by atoms with Crippen molar-refractivity contribution in [2.45, 2.75) is 87.0 Å². The molecule has 5 heterocycles. The van der Waals surface area contributed by atoms with Gasteiger partial charge in [0.25, 0.3) is 17.4 Å². The zero-order chi connectivity index (χ0) is 31.2. The third kappa shape index (κ3) is 3.98. The van der Waals surface area contributed by atoms with Gasteiger partial charge in [-0.2, -0.15) is 0 Å². The number of carbonyl (C=O) groups is 3. The molecule has 1 unspecified atom stereocenters. The zero-order valence-corrected chi connectivity index (χ0v) is 24.9. The smallest absolute Gasteiger partial charge is 0.347 e. The first kappa shape index (κ1) is 28.6. The lowest BCUT2D eigenvalue weighted by Gasteiger charge is -2.41. The molecule has 6 aliphatic rings. The predicted octanol–water partition coefficient (Wildman–Crippen LogP) is -3.89. The Labute approximate surface area is 254 Å². The summed E-state index contributed by atoms with van der Waals surface area (Å²) in [7, 11) is 0. The van der Waals surface area contributed by atoms with E-state index in [2.05, 4.69) is 34.8 Å². The van der Waals surface area contributed by atoms with E-state index in [1.807, 2.05) is 6.07 Å². The molecule has 2 saturated heterocycles. The highest BCUT2D eigenvalue weighted by Crippen LogP contribution is 2.41. The molecule has 0 radical (unpaired) electrons. The van der Waals surface area contributed by atoms with Crippen LogP contribution in [0.2, 0.25) is 0 Å². The van der Waals surface area contributed by atoms with Gasteiger partial charge in [-0.3, -0.25) is 36.3 Å². The molecule has 0 bridgehead atoms. The van der Waals surface area contributed by atoms with Crippen LogP contribution in [0, 0.1) is 0 Å². The number of nitrogens with zero attached hydrogens (tertiary/aromatic N) is 3. The number of benzene rings is 1. The van der Waals surface area contributed by atoms with E-state index in [1.54, 1.807) is 17.0 Å². The lowest BCUT2D eigenvalue weighted by molar-refractivity contribution is -0.674. The Hall–Kier alpha value is -4.11. The molecule has 10 N–H and O–H groups in total. The lowest BCUT2D eigenvalue weighted by atomic mass is 9.79. The molecule has 1 spiro atoms. The molecule has 1 aromatic rings. The maximum Gasteiger partial charge on any atom is 0.347 e. The van der Waals surface area contributed by atoms with E-state index >= 15 is 0 Å². The average molecular weight is 612 g/mol. The van der Waals surface area contributed by atoms with Crippen LogP contribution in [-0.4, -0.2) is 116 Å². The first-order valence-corrected chi connectivity index (χ1v) is 15.3. The second-order valence-electron chi connectivity index (χ2n) is 13.4. The van der Waals surface area contributed by atoms with Gasteiger partial charge in [-0.25, -0.2) is 14.7 Å². The van der Waals surface area contributed by atoms with Gasteiger partial charge in [0.1, 0.15) is 24.4 Å². The van der Waals surface area contributed by atoms with E-state index in [-0.39, 0.29) is 54.9 Å². The van der Waals surface area contributed by atoms with Crippen molar-refractivity contribution in [3.63, 3.8) is 0 Å². The summed E-state index contributed by atoms with van der Waals surface area (Å²) in [6.45, 7) is 4.49. The van der Waals surface area contributed by atoms with Crippen molar-refractivity contribution in [1.82, 2.24) is 25.8 Å². The number of para-hydroxylation sites is 1. The fourth-order valence-electron chi connectivity index (χ4n) is 8.02. The van der Waals surface area contributed by atoms with Crippen molar-refractivity contribution in [3.8, 4) is 5.75 Å². The number of nitrogens with one attached hydrogen (secondary N) is 4. The van der Waals surface area contributed by atoms with E-state index in [0.29, 0.717) is 17.9 Å². The van der Waals surface area contributed by atoms with Crippen LogP contribution in [0.3, 0.4) is 0 Å². The fraction of sp³-hybridized carbons (Fsp3) is 0.621. The van der Waals surface area contributed by atoms with Gasteiger partial charge in [0.2, 0.25) is 5.91 Å². The highest BCUT2D eigenvalue weighted by atomic mass is 16.5. The van der Waals surface area contributed by atoms with E-state index in [0.717, 1.165) is 37.7 Å². The molecular formula is C29H41N9O6+2. The lowest BCUT2D eigenvalue weighted by Crippen LogP contribution is -2.92. The van der Waals surface area contributed by atoms with Crippen LogP contribution in [0.5, 0.6) is 5.75 Å². The van der Waals surface area contributed by atoms with Crippen molar-refractivity contribution in [1.29, 1.82) is 0 Å². The molecule has 5 aliphatic heterocycles. The normalized spacial score (nSPS) is 32.0. The van der Waals surface area contributed by atoms with Gasteiger partial charge in [0.05, 0.1) is 25.3 Å². The van der Waals surface area contributed by atoms with E-state index in [1.165, 1.54) is 9.48 Å². The summed E-state index contributed by atoms with van der Waals surface area (Å²) in [4.78, 5) is 45.9. The number of fused-ring (bicyclic) bond motifs is 1. The van der Waals surface area contributed by atoms with Crippen LogP contribution in [-0.2, 0) is 10.2 Å². The number of aliphatic hydroxyl groups is 2. The molecular weight excluding hydrogens is 570 g/mol. The van der Waals surface area contributed by atoms with Crippen molar-refractivity contribution in [2.24, 2.45) is 11.5 Å². The first-order chi connectivity index (χ1) is 20.8. The Balaban J connectivity index is 1.16. The number of guanidine groups is 2. The highest BCUT2D eigenvalue weighted by molar-refractivity contribution is 6.02. The zero-order valence-electron chi connectivity index (χ0n) is 24.9. The maximum atomic E-state index is 13.7. The molecule has 4 amide bonds. The van der Waals surface area contributed by atoms with Gasteiger partial charge in [-0.1, -0.05) is 38.8 Å². The highest BCUT2D eigenvalue weighted by Gasteiger charge is 2.78. The van der Waals surface area contributed by atoms with Crippen LogP contribution in [0.1, 0.15) is 61.9 Å². The van der Waals surface area contributed by atoms with Gasteiger partial charge in [-0.05, 0) is 30.7 Å². The Morgan fingerprint density at radius 2 is 1.98 bits per heavy atom. The van der Waals surface area contributed by atoms with Crippen LogP contribution in [0.25, 0.3) is 0 Å². The van der Waals surface area contributed by atoms with Crippen molar-refractivity contribution in [3.05, 3.63) is 29.3 Å². The van der Waals surface area contributed by atoms with Gasteiger partial charge in [-0.15, -0.1) is 0 Å². The van der Waals surface area contributed by atoms with E-state index in [4.69, 9.17) is 16.2 Å². The molecule has 4 atom stereocenters. The quantitative estimate of drug-likeness (QED) is 0.0921. The topological polar surface area (TPSA) is 212 Å². The maximum absolute atomic E-state index is 13.7. The Bertz CT molecular complexity index is 1500. The number of urea groups is 1. The average Bonchev–Trinajstić information content (AvgIpc) is 3.72. The largest absolute Gasteiger partial charge is 0.492 e. The predicted molar refractivity (Wildman–Crippen MR) is 155 cm³/mol. The molecule has 44 heavy (non-hydrogen) atoms. The summed E-state index contributed by atoms with van der Waals surface area (Å²) in [5, 5.41) is 32.7. The number of hydrogen-bond acceptors (Lipinski definition) is 10. The van der Waals surface area contributed by atoms with Gasteiger partial charge in [0, 0.05) is 11.6 Å². The van der Waals surface area contributed by atoms with Gasteiger partial charge < -0.3 is 25.2 Å². The molecule has 15 heteroatoms. The molecule has 1 aromatic carbocycles. The summed E-state index contributed by atoms with van der Waals surface area (Å²) in [5.41, 5.74) is 11.9. The van der Waals surface area contributed by atoms with Gasteiger partial charge >= 0.3 is 18.0 Å². The molecule has 1 aliphatic carbocycles. The van der Waals surface area contributed by atoms with Gasteiger partial charge in [0.15, 0.2) is 6.04 Å². The second-order valence-corrected chi connectivity index (χ2v) is 13.4. The number of nitrogens with two attached hydrogens (primary N) is 2. The number of rotatable bonds is 5. The molecule has 1 saturated carbocycles. The molecule has 236 valence electrons. The standard InChI is InChI=1S/C29H39N9O6/c1-27(2)10-11-44-21-16(8-5-9-17(21)27)23(40)33-19-13-38-25(31)32-18(22-28(38,29(19,42)43)35-24(30)34-22)12-37-20(39)14-36(26(37)41)15-6-3-4-7-15/h5,8-9,15,18-19,22,42-43H,3-4,6-7,10-14H2,1-2H3,(H6,30,31,32,33,34,35,40)/p+2/t18-,19?,22-,28-/m0/s1. The number of ether oxygens (including phenoxy) is 1. The summed E-state index contributed by atoms with van der Waals surface area (Å²) in [6, 6.07) is 2.19. The first-order valence-electron chi connectivity index (χ1n) is 15.3. The van der Waals surface area contributed by atoms with E-state index < -0.39 is 35.5 Å². The molecule has 3 fully saturated rings. The van der Waals surface area contributed by atoms with Crippen molar-refractivity contribution < 1.29 is 38.9 Å². The summed E-state index contributed by atoms with van der Waals surface area (Å²) in [5.74, 6) is -2.86. The summed E-state index contributed by atoms with van der Waals surface area (Å²) < 4.78 is 7.44. The Kier molecular flexibility index (Phi) is 6.31. The summed E-state index contributed by atoms with van der Waals surface area (Å²) in [6.07, 6.45) is 4.58. The summed E-state index contributed by atoms with van der Waals surface area (Å²) >= 11 is 0. The Morgan fingerprint density at radius 1 is 1.23 bits per heavy atom. The molecule has 15 nitrogen and oxygen atoms in total. The van der Waals surface area contributed by atoms with Crippen molar-refractivity contribution in [2.75, 3.05) is 26.2 Å². The van der Waals surface area contributed by atoms with Crippen LogP contribution in [0.4, 0.5) is 4.79 Å². The minimum atomic E-state index is -2.61. The SMILES string of the molecule is CC1(C)CCOc2c(C(=O)NC3C[N+]4=C(N)N[C@@H](CN5C(=O)CN(C6CCCC6)C5=O)[C@@H]5[NH+]=C(N)N[C@@]54C3(O)O)cccc21. The van der Waals surface area contributed by atoms with Crippen molar-refractivity contribution >= 4 is 29.8 Å². The number of imide groups is 1. The Morgan fingerprint density at radius 3 is 2.73 bits per heavy atom. The minimum Gasteiger partial charge on any atom is -0.492 e. The second kappa shape index (κ2) is 9.69. The third-order valence-corrected chi connectivity index (χ3v) is 10.4. The third-order valence-electron chi connectivity index (χ3n) is 10.4.